The summed E-state index contributed by atoms with van der Waals surface area (Å²) in [5.41, 5.74) is 0.369. The van der Waals surface area contributed by atoms with Gasteiger partial charge in [-0.1, -0.05) is 0 Å². The van der Waals surface area contributed by atoms with Gasteiger partial charge in [0.1, 0.15) is 11.9 Å². The van der Waals surface area contributed by atoms with Gasteiger partial charge in [0, 0.05) is 43.7 Å². The highest BCUT2D eigenvalue weighted by atomic mass is 19.1. The van der Waals surface area contributed by atoms with Crippen molar-refractivity contribution < 1.29 is 18.8 Å². The highest BCUT2D eigenvalue weighted by Crippen LogP contribution is 2.40. The number of amides is 3. The molecule has 2 aliphatic carbocycles. The number of hydrogen-bond donors (Lipinski definition) is 1. The number of benzene rings is 1. The Hall–Kier alpha value is -2.48. The topological polar surface area (TPSA) is 73.0 Å². The molecule has 2 unspecified atom stereocenters. The summed E-state index contributed by atoms with van der Waals surface area (Å²) in [6, 6.07) is 4.98. The molecule has 2 heterocycles. The summed E-state index contributed by atoms with van der Waals surface area (Å²) in [7, 11) is 0. The molecular weight excluding hydrogens is 411 g/mol. The number of likely N-dealkylation sites (tertiary alicyclic amines) is 1. The summed E-state index contributed by atoms with van der Waals surface area (Å²) in [4.78, 5) is 45.5. The number of carbonyl (C=O) groups excluding carboxylic acids is 3. The Morgan fingerprint density at radius 3 is 2.41 bits per heavy atom. The van der Waals surface area contributed by atoms with E-state index >= 15 is 0 Å². The van der Waals surface area contributed by atoms with Crippen LogP contribution in [0.25, 0.3) is 0 Å². The van der Waals surface area contributed by atoms with Gasteiger partial charge < -0.3 is 20.0 Å². The first-order valence-corrected chi connectivity index (χ1v) is 11.9. The molecule has 1 aromatic rings. The zero-order chi connectivity index (χ0) is 22.2. The molecule has 172 valence electrons. The van der Waals surface area contributed by atoms with Crippen molar-refractivity contribution in [1.82, 2.24) is 20.0 Å². The van der Waals surface area contributed by atoms with Crippen LogP contribution >= 0.6 is 0 Å². The van der Waals surface area contributed by atoms with E-state index in [-0.39, 0.29) is 35.7 Å². The predicted molar refractivity (Wildman–Crippen MR) is 116 cm³/mol. The quantitative estimate of drug-likeness (QED) is 0.753. The molecule has 3 amide bonds. The van der Waals surface area contributed by atoms with Crippen molar-refractivity contribution >= 4 is 17.7 Å². The average Bonchev–Trinajstić information content (AvgIpc) is 3.69. The summed E-state index contributed by atoms with van der Waals surface area (Å²) in [6.45, 7) is 3.25. The van der Waals surface area contributed by atoms with Crippen molar-refractivity contribution in [3.05, 3.63) is 35.6 Å². The summed E-state index contributed by atoms with van der Waals surface area (Å²) >= 11 is 0. The van der Waals surface area contributed by atoms with E-state index in [1.165, 1.54) is 24.3 Å². The van der Waals surface area contributed by atoms with Crippen LogP contribution in [0.2, 0.25) is 0 Å². The lowest BCUT2D eigenvalue weighted by Crippen LogP contribution is -2.48. The first-order valence-electron chi connectivity index (χ1n) is 11.9. The standard InChI is InChI=1S/C24H31FN4O3/c25-18-6-4-16(5-7-18)22(30)28-15-20(29(19-8-9-19)23(31)17-2-3-17)14-21(28)24(32)27-12-1-10-26-11-13-27/h4-7,17,19-21,26H,1-3,8-15H2. The van der Waals surface area contributed by atoms with E-state index < -0.39 is 11.9 Å². The van der Waals surface area contributed by atoms with Crippen molar-refractivity contribution in [1.29, 1.82) is 0 Å². The molecule has 0 radical (unpaired) electrons. The Labute approximate surface area is 187 Å². The lowest BCUT2D eigenvalue weighted by Gasteiger charge is -2.29. The number of halogens is 1. The number of hydrogen-bond acceptors (Lipinski definition) is 4. The van der Waals surface area contributed by atoms with E-state index in [2.05, 4.69) is 5.32 Å². The lowest BCUT2D eigenvalue weighted by molar-refractivity contribution is -0.137. The maximum atomic E-state index is 13.6. The fraction of sp³-hybridized carbons (Fsp3) is 0.625. The van der Waals surface area contributed by atoms with Gasteiger partial charge in [0.2, 0.25) is 11.8 Å². The minimum atomic E-state index is -0.594. The van der Waals surface area contributed by atoms with Crippen LogP contribution in [0.1, 0.15) is 48.9 Å². The molecule has 4 aliphatic rings. The molecule has 2 saturated heterocycles. The number of nitrogens with one attached hydrogen (secondary N) is 1. The maximum Gasteiger partial charge on any atom is 0.254 e. The van der Waals surface area contributed by atoms with Gasteiger partial charge in [-0.2, -0.15) is 0 Å². The second-order valence-corrected chi connectivity index (χ2v) is 9.55. The average molecular weight is 443 g/mol. The molecule has 5 rings (SSSR count). The van der Waals surface area contributed by atoms with E-state index in [1.54, 1.807) is 4.90 Å². The molecule has 0 aromatic heterocycles. The van der Waals surface area contributed by atoms with Gasteiger partial charge in [0.05, 0.1) is 6.04 Å². The predicted octanol–water partition coefficient (Wildman–Crippen LogP) is 1.63. The Kier molecular flexibility index (Phi) is 5.88. The monoisotopic (exact) mass is 442 g/mol. The van der Waals surface area contributed by atoms with Gasteiger partial charge in [-0.25, -0.2) is 4.39 Å². The van der Waals surface area contributed by atoms with Gasteiger partial charge in [-0.3, -0.25) is 14.4 Å². The summed E-state index contributed by atoms with van der Waals surface area (Å²) < 4.78 is 13.4. The zero-order valence-corrected chi connectivity index (χ0v) is 18.3. The van der Waals surface area contributed by atoms with Crippen LogP contribution in [0.15, 0.2) is 24.3 Å². The zero-order valence-electron chi connectivity index (χ0n) is 18.3. The Morgan fingerprint density at radius 2 is 1.72 bits per heavy atom. The summed E-state index contributed by atoms with van der Waals surface area (Å²) in [5, 5.41) is 3.31. The molecule has 1 aromatic carbocycles. The third-order valence-electron chi connectivity index (χ3n) is 7.08. The lowest BCUT2D eigenvalue weighted by atomic mass is 10.1. The van der Waals surface area contributed by atoms with E-state index in [1.807, 2.05) is 9.80 Å². The van der Waals surface area contributed by atoms with Gasteiger partial charge >= 0.3 is 0 Å². The third kappa shape index (κ3) is 4.37. The Bertz CT molecular complexity index is 876. The van der Waals surface area contributed by atoms with Crippen LogP contribution in [0.4, 0.5) is 4.39 Å². The molecule has 0 spiro atoms. The van der Waals surface area contributed by atoms with Crippen LogP contribution in [-0.2, 0) is 9.59 Å². The second-order valence-electron chi connectivity index (χ2n) is 9.55. The highest BCUT2D eigenvalue weighted by molar-refractivity contribution is 5.98. The van der Waals surface area contributed by atoms with Crippen LogP contribution < -0.4 is 5.32 Å². The highest BCUT2D eigenvalue weighted by Gasteiger charge is 2.49. The molecule has 2 atom stereocenters. The van der Waals surface area contributed by atoms with Crippen LogP contribution in [-0.4, -0.2) is 83.3 Å². The van der Waals surface area contributed by atoms with Gasteiger partial charge in [0.25, 0.3) is 5.91 Å². The molecule has 2 saturated carbocycles. The number of nitrogens with zero attached hydrogens (tertiary/aromatic N) is 3. The van der Waals surface area contributed by atoms with Crippen molar-refractivity contribution in [2.45, 2.75) is 56.7 Å². The molecule has 4 fully saturated rings. The van der Waals surface area contributed by atoms with Crippen molar-refractivity contribution in [3.8, 4) is 0 Å². The first kappa shape index (κ1) is 21.4. The van der Waals surface area contributed by atoms with Crippen LogP contribution in [0.5, 0.6) is 0 Å². The van der Waals surface area contributed by atoms with E-state index in [9.17, 15) is 18.8 Å². The van der Waals surface area contributed by atoms with Gasteiger partial charge in [-0.05, 0) is 69.3 Å². The molecule has 1 N–H and O–H groups in total. The maximum absolute atomic E-state index is 13.6. The summed E-state index contributed by atoms with van der Waals surface area (Å²) in [6.07, 6.45) is 5.23. The third-order valence-corrected chi connectivity index (χ3v) is 7.08. The first-order chi connectivity index (χ1) is 15.5. The Balaban J connectivity index is 1.40. The molecule has 32 heavy (non-hydrogen) atoms. The smallest absolute Gasteiger partial charge is 0.254 e. The number of carbonyl (C=O) groups is 3. The molecule has 2 aliphatic heterocycles. The second kappa shape index (κ2) is 8.81. The van der Waals surface area contributed by atoms with Gasteiger partial charge in [-0.15, -0.1) is 0 Å². The molecule has 0 bridgehead atoms. The van der Waals surface area contributed by atoms with E-state index in [0.29, 0.717) is 31.6 Å². The Morgan fingerprint density at radius 1 is 0.969 bits per heavy atom. The molecule has 8 heteroatoms. The number of rotatable bonds is 5. The summed E-state index contributed by atoms with van der Waals surface area (Å²) in [5.74, 6) is -0.405. The van der Waals surface area contributed by atoms with Crippen LogP contribution in [0, 0.1) is 11.7 Å². The minimum Gasteiger partial charge on any atom is -0.340 e. The van der Waals surface area contributed by atoms with Crippen LogP contribution in [0.3, 0.4) is 0 Å². The van der Waals surface area contributed by atoms with E-state index in [0.717, 1.165) is 45.2 Å². The van der Waals surface area contributed by atoms with Crippen molar-refractivity contribution in [2.24, 2.45) is 5.92 Å². The largest absolute Gasteiger partial charge is 0.340 e. The SMILES string of the molecule is O=C(C1CC(N(C(=O)C2CC2)C2CC2)CN1C(=O)c1ccc(F)cc1)N1CCCNCC1. The normalized spacial score (nSPS) is 26.0. The minimum absolute atomic E-state index is 0.0405. The fourth-order valence-corrected chi connectivity index (χ4v) is 5.06. The molecule has 7 nitrogen and oxygen atoms in total. The van der Waals surface area contributed by atoms with E-state index in [4.69, 9.17) is 0 Å². The van der Waals surface area contributed by atoms with Crippen molar-refractivity contribution in [2.75, 3.05) is 32.7 Å². The molecular formula is C24H31FN4O3. The fourth-order valence-electron chi connectivity index (χ4n) is 5.06. The van der Waals surface area contributed by atoms with Gasteiger partial charge in [0.15, 0.2) is 0 Å². The van der Waals surface area contributed by atoms with Crippen molar-refractivity contribution in [3.63, 3.8) is 0 Å².